The molecular weight excluding hydrogens is 276 g/mol. The Morgan fingerprint density at radius 1 is 1.27 bits per heavy atom. The van der Waals surface area contributed by atoms with Gasteiger partial charge >= 0.3 is 0 Å². The van der Waals surface area contributed by atoms with Crippen LogP contribution in [0.3, 0.4) is 0 Å². The number of benzene rings is 1. The van der Waals surface area contributed by atoms with Crippen molar-refractivity contribution in [3.05, 3.63) is 30.3 Å². The zero-order chi connectivity index (χ0) is 15.4. The second-order valence-electron chi connectivity index (χ2n) is 7.19. The molecule has 0 bridgehead atoms. The van der Waals surface area contributed by atoms with Gasteiger partial charge in [0.05, 0.1) is 19.8 Å². The fourth-order valence-corrected chi connectivity index (χ4v) is 3.65. The Labute approximate surface area is 133 Å². The van der Waals surface area contributed by atoms with Crippen molar-refractivity contribution in [3.8, 4) is 0 Å². The number of nitrogens with zero attached hydrogens (tertiary/aromatic N) is 2. The van der Waals surface area contributed by atoms with Gasteiger partial charge in [0.2, 0.25) is 0 Å². The van der Waals surface area contributed by atoms with Gasteiger partial charge in [-0.05, 0) is 24.5 Å². The minimum Gasteiger partial charge on any atom is -0.396 e. The zero-order valence-electron chi connectivity index (χ0n) is 13.6. The molecule has 2 heterocycles. The molecule has 2 atom stereocenters. The summed E-state index contributed by atoms with van der Waals surface area (Å²) < 4.78 is 5.67. The highest BCUT2D eigenvalue weighted by Gasteiger charge is 2.32. The fraction of sp³-hybridized carbons (Fsp3) is 0.667. The zero-order valence-corrected chi connectivity index (χ0v) is 13.6. The van der Waals surface area contributed by atoms with Crippen molar-refractivity contribution < 1.29 is 9.84 Å². The van der Waals surface area contributed by atoms with Crippen molar-refractivity contribution in [1.82, 2.24) is 4.90 Å². The SMILES string of the molecule is CC1(CO)COCCN(CC2CCN(c3ccccc3)C2)C1. The van der Waals surface area contributed by atoms with Crippen LogP contribution in [0.4, 0.5) is 5.69 Å². The molecule has 1 aromatic rings. The van der Waals surface area contributed by atoms with E-state index in [1.165, 1.54) is 12.1 Å². The standard InChI is InChI=1S/C18H28N2O2/c1-18(14-21)13-19(9-10-22-15-18)11-16-7-8-20(12-16)17-5-3-2-4-6-17/h2-6,16,21H,7-15H2,1H3. The third-order valence-electron chi connectivity index (χ3n) is 4.91. The lowest BCUT2D eigenvalue weighted by Gasteiger charge is -2.31. The highest BCUT2D eigenvalue weighted by molar-refractivity contribution is 5.46. The smallest absolute Gasteiger partial charge is 0.0593 e. The van der Waals surface area contributed by atoms with Gasteiger partial charge in [0.1, 0.15) is 0 Å². The quantitative estimate of drug-likeness (QED) is 0.921. The Bertz CT molecular complexity index is 467. The van der Waals surface area contributed by atoms with Crippen molar-refractivity contribution in [1.29, 1.82) is 0 Å². The summed E-state index contributed by atoms with van der Waals surface area (Å²) in [4.78, 5) is 4.98. The van der Waals surface area contributed by atoms with Crippen molar-refractivity contribution >= 4 is 5.69 Å². The molecule has 4 nitrogen and oxygen atoms in total. The second-order valence-corrected chi connectivity index (χ2v) is 7.19. The number of hydrogen-bond donors (Lipinski definition) is 1. The van der Waals surface area contributed by atoms with Crippen LogP contribution in [0.15, 0.2) is 30.3 Å². The molecule has 0 radical (unpaired) electrons. The molecule has 0 amide bonds. The molecule has 2 aliphatic rings. The number of ether oxygens (including phenoxy) is 1. The van der Waals surface area contributed by atoms with Crippen LogP contribution >= 0.6 is 0 Å². The van der Waals surface area contributed by atoms with E-state index in [1.807, 2.05) is 0 Å². The van der Waals surface area contributed by atoms with Gasteiger partial charge in [-0.15, -0.1) is 0 Å². The van der Waals surface area contributed by atoms with Crippen molar-refractivity contribution in [3.63, 3.8) is 0 Å². The van der Waals surface area contributed by atoms with E-state index in [-0.39, 0.29) is 12.0 Å². The third-order valence-corrected chi connectivity index (χ3v) is 4.91. The molecule has 2 aliphatic heterocycles. The van der Waals surface area contributed by atoms with E-state index < -0.39 is 0 Å². The van der Waals surface area contributed by atoms with Crippen molar-refractivity contribution in [2.24, 2.45) is 11.3 Å². The molecule has 2 saturated heterocycles. The Hall–Kier alpha value is -1.10. The van der Waals surface area contributed by atoms with E-state index in [2.05, 4.69) is 47.1 Å². The van der Waals surface area contributed by atoms with E-state index in [0.717, 1.165) is 39.3 Å². The van der Waals surface area contributed by atoms with Crippen LogP contribution in [0.1, 0.15) is 13.3 Å². The average Bonchev–Trinajstić information content (AvgIpc) is 2.92. The molecule has 0 aliphatic carbocycles. The lowest BCUT2D eigenvalue weighted by molar-refractivity contribution is 0.0344. The normalized spacial score (nSPS) is 30.5. The Morgan fingerprint density at radius 3 is 2.86 bits per heavy atom. The lowest BCUT2D eigenvalue weighted by Crippen LogP contribution is -2.41. The summed E-state index contributed by atoms with van der Waals surface area (Å²) in [5.41, 5.74) is 1.22. The van der Waals surface area contributed by atoms with Gasteiger partial charge in [-0.3, -0.25) is 4.90 Å². The first-order valence-corrected chi connectivity index (χ1v) is 8.39. The first kappa shape index (κ1) is 15.8. The molecule has 1 N–H and O–H groups in total. The van der Waals surface area contributed by atoms with Crippen LogP contribution in [-0.4, -0.2) is 62.6 Å². The molecule has 0 aromatic heterocycles. The van der Waals surface area contributed by atoms with Crippen molar-refractivity contribution in [2.45, 2.75) is 13.3 Å². The number of rotatable bonds is 4. The third kappa shape index (κ3) is 3.80. The summed E-state index contributed by atoms with van der Waals surface area (Å²) in [5.74, 6) is 0.709. The first-order valence-electron chi connectivity index (χ1n) is 8.39. The Balaban J connectivity index is 1.55. The predicted molar refractivity (Wildman–Crippen MR) is 89.2 cm³/mol. The van der Waals surface area contributed by atoms with Crippen LogP contribution < -0.4 is 4.90 Å². The molecule has 22 heavy (non-hydrogen) atoms. The van der Waals surface area contributed by atoms with Gasteiger partial charge in [-0.2, -0.15) is 0 Å². The summed E-state index contributed by atoms with van der Waals surface area (Å²) in [6.45, 7) is 9.09. The van der Waals surface area contributed by atoms with Gasteiger partial charge in [-0.1, -0.05) is 25.1 Å². The van der Waals surface area contributed by atoms with E-state index in [0.29, 0.717) is 12.5 Å². The van der Waals surface area contributed by atoms with Crippen LogP contribution in [-0.2, 0) is 4.74 Å². The van der Waals surface area contributed by atoms with E-state index in [1.54, 1.807) is 0 Å². The summed E-state index contributed by atoms with van der Waals surface area (Å²) in [5, 5.41) is 9.63. The monoisotopic (exact) mass is 304 g/mol. The van der Waals surface area contributed by atoms with Gasteiger partial charge in [0.25, 0.3) is 0 Å². The number of hydrogen-bond acceptors (Lipinski definition) is 4. The van der Waals surface area contributed by atoms with Crippen LogP contribution in [0.5, 0.6) is 0 Å². The summed E-state index contributed by atoms with van der Waals surface area (Å²) >= 11 is 0. The van der Waals surface area contributed by atoms with Gasteiger partial charge in [-0.25, -0.2) is 0 Å². The second kappa shape index (κ2) is 6.99. The molecule has 2 unspecified atom stereocenters. The number of aliphatic hydroxyl groups is 1. The van der Waals surface area contributed by atoms with E-state index in [9.17, 15) is 5.11 Å². The minimum absolute atomic E-state index is 0.117. The highest BCUT2D eigenvalue weighted by Crippen LogP contribution is 2.26. The maximum Gasteiger partial charge on any atom is 0.0593 e. The summed E-state index contributed by atoms with van der Waals surface area (Å²) in [6, 6.07) is 10.7. The van der Waals surface area contributed by atoms with Gasteiger partial charge in [0.15, 0.2) is 0 Å². The molecule has 122 valence electrons. The topological polar surface area (TPSA) is 35.9 Å². The van der Waals surface area contributed by atoms with Crippen LogP contribution in [0, 0.1) is 11.3 Å². The maximum atomic E-state index is 9.63. The molecule has 0 saturated carbocycles. The van der Waals surface area contributed by atoms with Crippen LogP contribution in [0.25, 0.3) is 0 Å². The fourth-order valence-electron chi connectivity index (χ4n) is 3.65. The molecule has 0 spiro atoms. The molecule has 1 aromatic carbocycles. The molecule has 3 rings (SSSR count). The predicted octanol–water partition coefficient (Wildman–Crippen LogP) is 1.84. The van der Waals surface area contributed by atoms with E-state index >= 15 is 0 Å². The first-order chi connectivity index (χ1) is 10.7. The Morgan fingerprint density at radius 2 is 2.09 bits per heavy atom. The minimum atomic E-state index is -0.117. The number of aliphatic hydroxyl groups excluding tert-OH is 1. The average molecular weight is 304 g/mol. The number of para-hydroxylation sites is 1. The maximum absolute atomic E-state index is 9.63. The largest absolute Gasteiger partial charge is 0.396 e. The highest BCUT2D eigenvalue weighted by atomic mass is 16.5. The van der Waals surface area contributed by atoms with Gasteiger partial charge in [0, 0.05) is 43.8 Å². The van der Waals surface area contributed by atoms with Crippen molar-refractivity contribution in [2.75, 3.05) is 57.4 Å². The number of anilines is 1. The lowest BCUT2D eigenvalue weighted by atomic mass is 9.92. The molecule has 4 heteroatoms. The van der Waals surface area contributed by atoms with Crippen LogP contribution in [0.2, 0.25) is 0 Å². The Kier molecular flexibility index (Phi) is 5.01. The summed E-state index contributed by atoms with van der Waals surface area (Å²) in [7, 11) is 0. The summed E-state index contributed by atoms with van der Waals surface area (Å²) in [6.07, 6.45) is 1.25. The molecule has 2 fully saturated rings. The van der Waals surface area contributed by atoms with E-state index in [4.69, 9.17) is 4.74 Å². The molecular formula is C18H28N2O2. The van der Waals surface area contributed by atoms with Gasteiger partial charge < -0.3 is 14.7 Å².